The molecule has 0 aliphatic rings. The highest BCUT2D eigenvalue weighted by Gasteiger charge is 1.95. The van der Waals surface area contributed by atoms with Gasteiger partial charge < -0.3 is 5.73 Å². The number of benzene rings is 1. The van der Waals surface area contributed by atoms with E-state index in [1.165, 1.54) is 16.7 Å². The van der Waals surface area contributed by atoms with E-state index in [1.807, 2.05) is 18.2 Å². The van der Waals surface area contributed by atoms with E-state index in [2.05, 4.69) is 12.1 Å². The van der Waals surface area contributed by atoms with Gasteiger partial charge in [-0.15, -0.1) is 11.8 Å². The number of hydrogen-bond donors (Lipinski definition) is 1. The van der Waals surface area contributed by atoms with E-state index < -0.39 is 0 Å². The number of thioether (sulfide) groups is 2. The third kappa shape index (κ3) is 4.85. The topological polar surface area (TPSA) is 43.1 Å². The molecule has 70 valence electrons. The summed E-state index contributed by atoms with van der Waals surface area (Å²) in [7, 11) is 0. The van der Waals surface area contributed by atoms with Crippen LogP contribution in [0.5, 0.6) is 0 Å². The van der Waals surface area contributed by atoms with Gasteiger partial charge in [0.1, 0.15) is 0 Å². The molecule has 2 N–H and O–H groups in total. The van der Waals surface area contributed by atoms with E-state index in [-0.39, 0.29) is 5.24 Å². The molecule has 13 heavy (non-hydrogen) atoms. The van der Waals surface area contributed by atoms with Crippen molar-refractivity contribution in [1.82, 2.24) is 0 Å². The molecule has 1 aromatic rings. The summed E-state index contributed by atoms with van der Waals surface area (Å²) < 4.78 is 0. The first-order valence-corrected chi connectivity index (χ1v) is 5.86. The molecule has 0 aromatic heterocycles. The second-order valence-electron chi connectivity index (χ2n) is 2.33. The van der Waals surface area contributed by atoms with Crippen LogP contribution in [0.3, 0.4) is 0 Å². The van der Waals surface area contributed by atoms with Crippen LogP contribution < -0.4 is 5.73 Å². The Hall–Kier alpha value is -0.610. The van der Waals surface area contributed by atoms with Crippen molar-refractivity contribution in [3.8, 4) is 0 Å². The number of rotatable bonds is 4. The minimum Gasteiger partial charge on any atom is -0.361 e. The zero-order valence-electron chi connectivity index (χ0n) is 7.10. The Balaban J connectivity index is 2.17. The fourth-order valence-electron chi connectivity index (χ4n) is 0.818. The Morgan fingerprint density at radius 2 is 1.92 bits per heavy atom. The number of carbonyl (C=O) groups excluding carboxylic acids is 1. The van der Waals surface area contributed by atoms with E-state index in [0.29, 0.717) is 0 Å². The molecular weight excluding hydrogens is 202 g/mol. The smallest absolute Gasteiger partial charge is 0.276 e. The lowest BCUT2D eigenvalue weighted by Gasteiger charge is -1.98. The lowest BCUT2D eigenvalue weighted by Crippen LogP contribution is -2.03. The Labute approximate surface area is 86.3 Å². The molecule has 0 fully saturated rings. The van der Waals surface area contributed by atoms with Gasteiger partial charge in [-0.2, -0.15) is 0 Å². The summed E-state index contributed by atoms with van der Waals surface area (Å²) in [5, 5.41) is -0.298. The van der Waals surface area contributed by atoms with E-state index in [9.17, 15) is 4.79 Å². The summed E-state index contributed by atoms with van der Waals surface area (Å²) in [6, 6.07) is 10.1. The average Bonchev–Trinajstić information content (AvgIpc) is 2.14. The summed E-state index contributed by atoms with van der Waals surface area (Å²) >= 11 is 2.90. The molecule has 1 amide bonds. The van der Waals surface area contributed by atoms with Crippen LogP contribution in [0.4, 0.5) is 4.79 Å². The maximum absolute atomic E-state index is 10.4. The van der Waals surface area contributed by atoms with Crippen LogP contribution in [0.1, 0.15) is 0 Å². The summed E-state index contributed by atoms with van der Waals surface area (Å²) in [6.07, 6.45) is 0. The monoisotopic (exact) mass is 213 g/mol. The molecule has 0 aliphatic heterocycles. The molecule has 1 aromatic carbocycles. The zero-order valence-corrected chi connectivity index (χ0v) is 8.74. The first kappa shape index (κ1) is 10.5. The number of primary amides is 1. The lowest BCUT2D eigenvalue weighted by atomic mass is 10.4. The zero-order chi connectivity index (χ0) is 9.52. The summed E-state index contributed by atoms with van der Waals surface area (Å²) in [4.78, 5) is 11.6. The fourth-order valence-corrected chi connectivity index (χ4v) is 2.27. The largest absolute Gasteiger partial charge is 0.361 e. The quantitative estimate of drug-likeness (QED) is 0.617. The van der Waals surface area contributed by atoms with Gasteiger partial charge in [0.15, 0.2) is 0 Å². The molecule has 0 unspecified atom stereocenters. The van der Waals surface area contributed by atoms with Gasteiger partial charge in [-0.05, 0) is 12.1 Å². The van der Waals surface area contributed by atoms with Crippen molar-refractivity contribution >= 4 is 28.8 Å². The Kier molecular flexibility index (Phi) is 4.78. The maximum atomic E-state index is 10.4. The van der Waals surface area contributed by atoms with E-state index in [0.717, 1.165) is 11.5 Å². The first-order valence-electron chi connectivity index (χ1n) is 3.89. The third-order valence-corrected chi connectivity index (χ3v) is 3.30. The molecule has 0 aliphatic carbocycles. The van der Waals surface area contributed by atoms with Gasteiger partial charge >= 0.3 is 0 Å². The van der Waals surface area contributed by atoms with Crippen LogP contribution in [0.25, 0.3) is 0 Å². The molecule has 0 saturated heterocycles. The molecule has 0 saturated carbocycles. The molecule has 0 spiro atoms. The van der Waals surface area contributed by atoms with E-state index in [4.69, 9.17) is 5.73 Å². The predicted octanol–water partition coefficient (Wildman–Crippen LogP) is 2.59. The summed E-state index contributed by atoms with van der Waals surface area (Å²) in [5.74, 6) is 1.69. The third-order valence-electron chi connectivity index (χ3n) is 1.34. The van der Waals surface area contributed by atoms with Crippen molar-refractivity contribution in [2.75, 3.05) is 11.5 Å². The van der Waals surface area contributed by atoms with Crippen molar-refractivity contribution in [1.29, 1.82) is 0 Å². The van der Waals surface area contributed by atoms with Gasteiger partial charge in [-0.25, -0.2) is 0 Å². The molecule has 4 heteroatoms. The van der Waals surface area contributed by atoms with Crippen LogP contribution in [0.2, 0.25) is 0 Å². The highest BCUT2D eigenvalue weighted by atomic mass is 32.2. The molecule has 0 radical (unpaired) electrons. The van der Waals surface area contributed by atoms with Crippen LogP contribution in [-0.2, 0) is 0 Å². The van der Waals surface area contributed by atoms with Gasteiger partial charge in [-0.3, -0.25) is 4.79 Å². The number of carbonyl (C=O) groups is 1. The molecule has 0 bridgehead atoms. The maximum Gasteiger partial charge on any atom is 0.276 e. The summed E-state index contributed by atoms with van der Waals surface area (Å²) in [5.41, 5.74) is 4.99. The second kappa shape index (κ2) is 5.94. The van der Waals surface area contributed by atoms with Crippen LogP contribution in [-0.4, -0.2) is 16.7 Å². The van der Waals surface area contributed by atoms with Crippen LogP contribution in [0.15, 0.2) is 35.2 Å². The fraction of sp³-hybridized carbons (Fsp3) is 0.222. The highest BCUT2D eigenvalue weighted by Crippen LogP contribution is 2.18. The van der Waals surface area contributed by atoms with Crippen molar-refractivity contribution < 1.29 is 4.79 Å². The van der Waals surface area contributed by atoms with E-state index >= 15 is 0 Å². The van der Waals surface area contributed by atoms with Gasteiger partial charge in [0.2, 0.25) is 0 Å². The molecular formula is C9H11NOS2. The molecule has 0 heterocycles. The predicted molar refractivity (Wildman–Crippen MR) is 59.2 cm³/mol. The molecule has 2 nitrogen and oxygen atoms in total. The van der Waals surface area contributed by atoms with E-state index in [1.54, 1.807) is 11.8 Å². The van der Waals surface area contributed by atoms with Gasteiger partial charge in [0, 0.05) is 16.4 Å². The van der Waals surface area contributed by atoms with Gasteiger partial charge in [0.05, 0.1) is 0 Å². The van der Waals surface area contributed by atoms with Crippen LogP contribution in [0, 0.1) is 0 Å². The van der Waals surface area contributed by atoms with Gasteiger partial charge in [0.25, 0.3) is 5.24 Å². The standard InChI is InChI=1S/C9H11NOS2/c10-9(11)13-7-6-12-8-4-2-1-3-5-8/h1-5H,6-7H2,(H2,10,11). The van der Waals surface area contributed by atoms with Crippen molar-refractivity contribution in [3.05, 3.63) is 30.3 Å². The number of hydrogen-bond acceptors (Lipinski definition) is 3. The molecule has 0 atom stereocenters. The minimum absolute atomic E-state index is 0.298. The lowest BCUT2D eigenvalue weighted by molar-refractivity contribution is 0.267. The Bertz CT molecular complexity index is 264. The number of amides is 1. The highest BCUT2D eigenvalue weighted by molar-refractivity contribution is 8.14. The van der Waals surface area contributed by atoms with Crippen molar-refractivity contribution in [2.45, 2.75) is 4.90 Å². The minimum atomic E-state index is -0.298. The Morgan fingerprint density at radius 3 is 2.54 bits per heavy atom. The first-order chi connectivity index (χ1) is 6.29. The SMILES string of the molecule is NC(=O)SCCSc1ccccc1. The van der Waals surface area contributed by atoms with Crippen LogP contribution >= 0.6 is 23.5 Å². The van der Waals surface area contributed by atoms with Crippen molar-refractivity contribution in [3.63, 3.8) is 0 Å². The Morgan fingerprint density at radius 1 is 1.23 bits per heavy atom. The van der Waals surface area contributed by atoms with Gasteiger partial charge in [-0.1, -0.05) is 30.0 Å². The second-order valence-corrected chi connectivity index (χ2v) is 4.60. The normalized spacial score (nSPS) is 9.85. The summed E-state index contributed by atoms with van der Waals surface area (Å²) in [6.45, 7) is 0. The average molecular weight is 213 g/mol. The molecule has 1 rings (SSSR count). The number of nitrogens with two attached hydrogens (primary N) is 1. The van der Waals surface area contributed by atoms with Crippen molar-refractivity contribution in [2.24, 2.45) is 5.73 Å².